The maximum Gasteiger partial charge on any atom is 0.220 e. The molecule has 1 aromatic carbocycles. The van der Waals surface area contributed by atoms with E-state index < -0.39 is 0 Å². The van der Waals surface area contributed by atoms with Crippen LogP contribution in [0.1, 0.15) is 38.2 Å². The number of aromatic nitrogens is 1. The first-order valence-corrected chi connectivity index (χ1v) is 8.02. The Morgan fingerprint density at radius 2 is 2.20 bits per heavy atom. The first-order valence-electron chi connectivity index (χ1n) is 7.23. The van der Waals surface area contributed by atoms with Crippen molar-refractivity contribution in [1.82, 2.24) is 10.3 Å². The number of fused-ring (bicyclic) bond motifs is 1. The van der Waals surface area contributed by atoms with Gasteiger partial charge in [0.2, 0.25) is 5.91 Å². The molecule has 2 rings (SSSR count). The largest absolute Gasteiger partial charge is 0.361 e. The summed E-state index contributed by atoms with van der Waals surface area (Å²) in [6.45, 7) is 2.85. The van der Waals surface area contributed by atoms with E-state index in [9.17, 15) is 4.79 Å². The Labute approximate surface area is 128 Å². The van der Waals surface area contributed by atoms with E-state index in [4.69, 9.17) is 0 Å². The number of benzene rings is 1. The van der Waals surface area contributed by atoms with Crippen LogP contribution in [0, 0.1) is 0 Å². The van der Waals surface area contributed by atoms with Crippen LogP contribution in [0.4, 0.5) is 0 Å². The highest BCUT2D eigenvalue weighted by Crippen LogP contribution is 2.22. The van der Waals surface area contributed by atoms with Crippen LogP contribution in [0.5, 0.6) is 0 Å². The smallest absolute Gasteiger partial charge is 0.220 e. The van der Waals surface area contributed by atoms with Crippen molar-refractivity contribution in [2.24, 2.45) is 0 Å². The number of amides is 1. The number of nitrogens with one attached hydrogen (secondary N) is 2. The van der Waals surface area contributed by atoms with Crippen LogP contribution < -0.4 is 5.32 Å². The zero-order valence-corrected chi connectivity index (χ0v) is 13.4. The molecule has 1 amide bonds. The topological polar surface area (TPSA) is 44.9 Å². The van der Waals surface area contributed by atoms with Crippen LogP contribution in [0.2, 0.25) is 0 Å². The Balaban J connectivity index is 1.82. The molecule has 0 aliphatic carbocycles. The van der Waals surface area contributed by atoms with Gasteiger partial charge in [-0.05, 0) is 30.5 Å². The molecule has 1 aromatic heterocycles. The van der Waals surface area contributed by atoms with Crippen molar-refractivity contribution in [2.75, 3.05) is 6.54 Å². The number of halogens is 1. The third-order valence-corrected chi connectivity index (χ3v) is 3.95. The SMILES string of the molecule is CCCCCC(=O)NCCc1c[nH]c2cc(Br)ccc12. The first kappa shape index (κ1) is 15.1. The van der Waals surface area contributed by atoms with E-state index >= 15 is 0 Å². The van der Waals surface area contributed by atoms with Gasteiger partial charge in [0.25, 0.3) is 0 Å². The van der Waals surface area contributed by atoms with Crippen molar-refractivity contribution in [3.05, 3.63) is 34.4 Å². The fourth-order valence-corrected chi connectivity index (χ4v) is 2.69. The highest BCUT2D eigenvalue weighted by atomic mass is 79.9. The lowest BCUT2D eigenvalue weighted by molar-refractivity contribution is -0.121. The molecule has 2 N–H and O–H groups in total. The van der Waals surface area contributed by atoms with E-state index in [1.165, 1.54) is 10.9 Å². The van der Waals surface area contributed by atoms with Gasteiger partial charge >= 0.3 is 0 Å². The molecule has 0 saturated heterocycles. The molecule has 0 spiro atoms. The number of hydrogen-bond acceptors (Lipinski definition) is 1. The lowest BCUT2D eigenvalue weighted by Crippen LogP contribution is -2.25. The van der Waals surface area contributed by atoms with Gasteiger partial charge in [-0.2, -0.15) is 0 Å². The quantitative estimate of drug-likeness (QED) is 0.732. The number of carbonyl (C=O) groups excluding carboxylic acids is 1. The molecule has 0 atom stereocenters. The number of unbranched alkanes of at least 4 members (excludes halogenated alkanes) is 2. The molecular formula is C16H21BrN2O. The summed E-state index contributed by atoms with van der Waals surface area (Å²) in [4.78, 5) is 14.9. The second-order valence-electron chi connectivity index (χ2n) is 5.06. The molecule has 0 saturated carbocycles. The normalized spacial score (nSPS) is 10.9. The van der Waals surface area contributed by atoms with E-state index in [-0.39, 0.29) is 5.91 Å². The predicted molar refractivity (Wildman–Crippen MR) is 86.9 cm³/mol. The third-order valence-electron chi connectivity index (χ3n) is 3.45. The summed E-state index contributed by atoms with van der Waals surface area (Å²) < 4.78 is 1.07. The van der Waals surface area contributed by atoms with Crippen LogP contribution in [0.3, 0.4) is 0 Å². The maximum absolute atomic E-state index is 11.6. The molecule has 0 fully saturated rings. The first-order chi connectivity index (χ1) is 9.70. The van der Waals surface area contributed by atoms with Crippen LogP contribution in [0.25, 0.3) is 10.9 Å². The number of hydrogen-bond donors (Lipinski definition) is 2. The Bertz CT molecular complexity index is 577. The lowest BCUT2D eigenvalue weighted by Gasteiger charge is -2.04. The van der Waals surface area contributed by atoms with Gasteiger partial charge in [0.1, 0.15) is 0 Å². The average Bonchev–Trinajstić information content (AvgIpc) is 2.81. The van der Waals surface area contributed by atoms with Gasteiger partial charge in [0.05, 0.1) is 0 Å². The van der Waals surface area contributed by atoms with Crippen molar-refractivity contribution in [3.8, 4) is 0 Å². The van der Waals surface area contributed by atoms with Crippen LogP contribution >= 0.6 is 15.9 Å². The van der Waals surface area contributed by atoms with Crippen molar-refractivity contribution in [2.45, 2.75) is 39.0 Å². The van der Waals surface area contributed by atoms with Gasteiger partial charge in [0, 0.05) is 34.5 Å². The summed E-state index contributed by atoms with van der Waals surface area (Å²) in [7, 11) is 0. The van der Waals surface area contributed by atoms with Gasteiger partial charge < -0.3 is 10.3 Å². The summed E-state index contributed by atoms with van der Waals surface area (Å²) >= 11 is 3.47. The third kappa shape index (κ3) is 4.10. The average molecular weight is 337 g/mol. The number of carbonyl (C=O) groups is 1. The molecule has 1 heterocycles. The molecule has 0 unspecified atom stereocenters. The zero-order valence-electron chi connectivity index (χ0n) is 11.8. The predicted octanol–water partition coefficient (Wildman–Crippen LogP) is 4.17. The molecule has 0 bridgehead atoms. The van der Waals surface area contributed by atoms with Crippen molar-refractivity contribution in [1.29, 1.82) is 0 Å². The van der Waals surface area contributed by atoms with E-state index in [0.717, 1.165) is 35.7 Å². The van der Waals surface area contributed by atoms with Crippen molar-refractivity contribution >= 4 is 32.7 Å². The van der Waals surface area contributed by atoms with Gasteiger partial charge in [-0.1, -0.05) is 41.8 Å². The van der Waals surface area contributed by atoms with Gasteiger partial charge in [-0.25, -0.2) is 0 Å². The lowest BCUT2D eigenvalue weighted by atomic mass is 10.1. The zero-order chi connectivity index (χ0) is 14.4. The minimum Gasteiger partial charge on any atom is -0.361 e. The Morgan fingerprint density at radius 1 is 1.35 bits per heavy atom. The second kappa shape index (κ2) is 7.48. The van der Waals surface area contributed by atoms with E-state index in [2.05, 4.69) is 45.3 Å². The van der Waals surface area contributed by atoms with Gasteiger partial charge in [0.15, 0.2) is 0 Å². The molecule has 0 aliphatic heterocycles. The van der Waals surface area contributed by atoms with Crippen LogP contribution in [-0.2, 0) is 11.2 Å². The summed E-state index contributed by atoms with van der Waals surface area (Å²) in [5, 5.41) is 4.22. The molecule has 3 nitrogen and oxygen atoms in total. The molecule has 108 valence electrons. The highest BCUT2D eigenvalue weighted by Gasteiger charge is 2.05. The van der Waals surface area contributed by atoms with E-state index in [1.54, 1.807) is 0 Å². The number of H-pyrrole nitrogens is 1. The molecule has 0 aliphatic rings. The summed E-state index contributed by atoms with van der Waals surface area (Å²) in [6.07, 6.45) is 6.81. The molecular weight excluding hydrogens is 316 g/mol. The Hall–Kier alpha value is -1.29. The number of aromatic amines is 1. The monoisotopic (exact) mass is 336 g/mol. The molecule has 0 radical (unpaired) electrons. The minimum absolute atomic E-state index is 0.168. The molecule has 20 heavy (non-hydrogen) atoms. The van der Waals surface area contributed by atoms with Crippen LogP contribution in [-0.4, -0.2) is 17.4 Å². The Kier molecular flexibility index (Phi) is 5.65. The summed E-state index contributed by atoms with van der Waals surface area (Å²) in [5.74, 6) is 0.168. The summed E-state index contributed by atoms with van der Waals surface area (Å²) in [6, 6.07) is 6.22. The fraction of sp³-hybridized carbons (Fsp3) is 0.438. The molecule has 2 aromatic rings. The van der Waals surface area contributed by atoms with Gasteiger partial charge in [-0.15, -0.1) is 0 Å². The van der Waals surface area contributed by atoms with Crippen molar-refractivity contribution in [3.63, 3.8) is 0 Å². The standard InChI is InChI=1S/C16H21BrN2O/c1-2-3-4-5-16(20)18-9-8-12-11-19-15-10-13(17)6-7-14(12)15/h6-7,10-11,19H,2-5,8-9H2,1H3,(H,18,20). The Morgan fingerprint density at radius 3 is 3.00 bits per heavy atom. The van der Waals surface area contributed by atoms with Crippen LogP contribution in [0.15, 0.2) is 28.9 Å². The summed E-state index contributed by atoms with van der Waals surface area (Å²) in [5.41, 5.74) is 2.38. The van der Waals surface area contributed by atoms with E-state index in [1.807, 2.05) is 12.3 Å². The minimum atomic E-state index is 0.168. The fourth-order valence-electron chi connectivity index (χ4n) is 2.33. The number of rotatable bonds is 7. The maximum atomic E-state index is 11.6. The molecule has 4 heteroatoms. The highest BCUT2D eigenvalue weighted by molar-refractivity contribution is 9.10. The second-order valence-corrected chi connectivity index (χ2v) is 5.98. The van der Waals surface area contributed by atoms with Gasteiger partial charge in [-0.3, -0.25) is 4.79 Å². The van der Waals surface area contributed by atoms with Crippen molar-refractivity contribution < 1.29 is 4.79 Å². The van der Waals surface area contributed by atoms with E-state index in [0.29, 0.717) is 13.0 Å².